The van der Waals surface area contributed by atoms with Gasteiger partial charge < -0.3 is 20.9 Å². The summed E-state index contributed by atoms with van der Waals surface area (Å²) in [7, 11) is 0. The van der Waals surface area contributed by atoms with Crippen LogP contribution in [0.4, 0.5) is 17.1 Å². The Morgan fingerprint density at radius 1 is 1.00 bits per heavy atom. The number of carbonyl (C=O) groups excluding carboxylic acids is 3. The van der Waals surface area contributed by atoms with Crippen molar-refractivity contribution in [3.8, 4) is 0 Å². The molecule has 204 valence electrons. The van der Waals surface area contributed by atoms with Gasteiger partial charge in [-0.25, -0.2) is 0 Å². The van der Waals surface area contributed by atoms with E-state index in [2.05, 4.69) is 10.2 Å². The SMILES string of the molecule is CCC[C@H](C(N)=O)[C@@H](CC(C)C)C(=O)NC1CN(c2ccccc2)c2ccccc2N(CC2CCC2)C1=O. The van der Waals surface area contributed by atoms with Gasteiger partial charge in [-0.05, 0) is 61.8 Å². The van der Waals surface area contributed by atoms with Gasteiger partial charge >= 0.3 is 0 Å². The molecular formula is C31H42N4O3. The second-order valence-electron chi connectivity index (χ2n) is 11.3. The maximum atomic E-state index is 14.2. The van der Waals surface area contributed by atoms with Crippen molar-refractivity contribution in [2.24, 2.45) is 29.4 Å². The molecule has 0 spiro atoms. The summed E-state index contributed by atoms with van der Waals surface area (Å²) >= 11 is 0. The molecule has 2 aliphatic rings. The molecule has 3 N–H and O–H groups in total. The molecule has 7 heteroatoms. The van der Waals surface area contributed by atoms with E-state index in [0.717, 1.165) is 36.3 Å². The van der Waals surface area contributed by atoms with E-state index in [9.17, 15) is 14.4 Å². The van der Waals surface area contributed by atoms with E-state index >= 15 is 0 Å². The lowest BCUT2D eigenvalue weighted by Crippen LogP contribution is -2.55. The van der Waals surface area contributed by atoms with Gasteiger partial charge in [-0.3, -0.25) is 14.4 Å². The monoisotopic (exact) mass is 518 g/mol. The zero-order chi connectivity index (χ0) is 27.2. The molecule has 3 atom stereocenters. The number of para-hydroxylation sites is 3. The minimum atomic E-state index is -0.764. The number of hydrogen-bond acceptors (Lipinski definition) is 4. The highest BCUT2D eigenvalue weighted by Crippen LogP contribution is 2.39. The standard InChI is InChI=1S/C31H42N4O3/c1-4-11-24(29(32)36)25(18-21(2)3)30(37)33-26-20-34(23-14-6-5-7-15-23)27-16-8-9-17-28(27)35(31(26)38)19-22-12-10-13-22/h5-9,14-17,21-22,24-26H,4,10-13,18-20H2,1-3H3,(H2,32,36)(H,33,37)/t24-,25+,26?/m0/s1. The van der Waals surface area contributed by atoms with Crippen molar-refractivity contribution in [2.45, 2.75) is 65.3 Å². The Bertz CT molecular complexity index is 1120. The third kappa shape index (κ3) is 6.20. The van der Waals surface area contributed by atoms with Crippen molar-refractivity contribution in [2.75, 3.05) is 22.9 Å². The first-order chi connectivity index (χ1) is 18.3. The van der Waals surface area contributed by atoms with Gasteiger partial charge in [-0.2, -0.15) is 0 Å². The van der Waals surface area contributed by atoms with Gasteiger partial charge in [0.05, 0.1) is 17.9 Å². The number of nitrogens with zero attached hydrogens (tertiary/aromatic N) is 2. The first-order valence-corrected chi connectivity index (χ1v) is 14.1. The number of benzene rings is 2. The molecule has 0 bridgehead atoms. The van der Waals surface area contributed by atoms with Crippen LogP contribution in [0.5, 0.6) is 0 Å². The van der Waals surface area contributed by atoms with Crippen LogP contribution in [-0.2, 0) is 14.4 Å². The van der Waals surface area contributed by atoms with Gasteiger partial charge in [0.25, 0.3) is 5.91 Å². The van der Waals surface area contributed by atoms with Crippen LogP contribution in [0, 0.1) is 23.7 Å². The summed E-state index contributed by atoms with van der Waals surface area (Å²) in [6, 6.07) is 17.2. The number of hydrogen-bond donors (Lipinski definition) is 2. The van der Waals surface area contributed by atoms with Crippen LogP contribution in [0.1, 0.15) is 59.3 Å². The van der Waals surface area contributed by atoms with Crippen LogP contribution in [0.25, 0.3) is 0 Å². The lowest BCUT2D eigenvalue weighted by molar-refractivity contribution is -0.136. The van der Waals surface area contributed by atoms with E-state index in [0.29, 0.717) is 31.8 Å². The molecule has 4 rings (SSSR count). The fourth-order valence-electron chi connectivity index (χ4n) is 5.76. The molecule has 1 aliphatic carbocycles. The number of nitrogens with one attached hydrogen (secondary N) is 1. The third-order valence-electron chi connectivity index (χ3n) is 7.96. The molecule has 7 nitrogen and oxygen atoms in total. The Morgan fingerprint density at radius 3 is 2.24 bits per heavy atom. The second kappa shape index (κ2) is 12.5. The maximum Gasteiger partial charge on any atom is 0.251 e. The Labute approximate surface area is 226 Å². The Morgan fingerprint density at radius 2 is 1.66 bits per heavy atom. The van der Waals surface area contributed by atoms with E-state index in [4.69, 9.17) is 5.73 Å². The largest absolute Gasteiger partial charge is 0.369 e. The number of amides is 3. The average molecular weight is 519 g/mol. The van der Waals surface area contributed by atoms with Crippen molar-refractivity contribution >= 4 is 34.8 Å². The molecule has 0 saturated heterocycles. The number of rotatable bonds is 11. The van der Waals surface area contributed by atoms with Crippen molar-refractivity contribution in [1.82, 2.24) is 5.32 Å². The molecule has 1 fully saturated rings. The van der Waals surface area contributed by atoms with Crippen LogP contribution in [0.15, 0.2) is 54.6 Å². The number of nitrogens with two attached hydrogens (primary N) is 1. The highest BCUT2D eigenvalue weighted by molar-refractivity contribution is 6.04. The number of carbonyl (C=O) groups is 3. The van der Waals surface area contributed by atoms with E-state index in [-0.39, 0.29) is 17.7 Å². The summed E-state index contributed by atoms with van der Waals surface area (Å²) in [5.74, 6) is -1.29. The van der Waals surface area contributed by atoms with Crippen LogP contribution in [0.2, 0.25) is 0 Å². The minimum absolute atomic E-state index is 0.106. The zero-order valence-corrected chi connectivity index (χ0v) is 22.9. The molecule has 0 aromatic heterocycles. The van der Waals surface area contributed by atoms with Gasteiger partial charge in [0.1, 0.15) is 6.04 Å². The zero-order valence-electron chi connectivity index (χ0n) is 22.9. The van der Waals surface area contributed by atoms with Gasteiger partial charge in [0, 0.05) is 24.1 Å². The van der Waals surface area contributed by atoms with Crippen LogP contribution in [0.3, 0.4) is 0 Å². The fourth-order valence-corrected chi connectivity index (χ4v) is 5.76. The van der Waals surface area contributed by atoms with Crippen molar-refractivity contribution in [1.29, 1.82) is 0 Å². The molecule has 1 aliphatic heterocycles. The van der Waals surface area contributed by atoms with Gasteiger partial charge in [-0.1, -0.05) is 63.9 Å². The minimum Gasteiger partial charge on any atom is -0.369 e. The normalized spacial score (nSPS) is 19.4. The molecule has 2 aromatic carbocycles. The fraction of sp³-hybridized carbons (Fsp3) is 0.516. The van der Waals surface area contributed by atoms with E-state index < -0.39 is 23.8 Å². The van der Waals surface area contributed by atoms with Crippen LogP contribution in [-0.4, -0.2) is 36.9 Å². The highest BCUT2D eigenvalue weighted by atomic mass is 16.2. The smallest absolute Gasteiger partial charge is 0.251 e. The van der Waals surface area contributed by atoms with E-state index in [1.807, 2.05) is 80.3 Å². The number of primary amides is 1. The number of fused-ring (bicyclic) bond motifs is 1. The average Bonchev–Trinajstić information content (AvgIpc) is 2.98. The predicted octanol–water partition coefficient (Wildman–Crippen LogP) is 5.02. The van der Waals surface area contributed by atoms with Gasteiger partial charge in [-0.15, -0.1) is 0 Å². The van der Waals surface area contributed by atoms with Crippen molar-refractivity contribution in [3.05, 3.63) is 54.6 Å². The van der Waals surface area contributed by atoms with Gasteiger partial charge in [0.2, 0.25) is 11.8 Å². The highest BCUT2D eigenvalue weighted by Gasteiger charge is 2.39. The van der Waals surface area contributed by atoms with Gasteiger partial charge in [0.15, 0.2) is 0 Å². The molecule has 2 aromatic rings. The predicted molar refractivity (Wildman–Crippen MR) is 152 cm³/mol. The first kappa shape index (κ1) is 27.7. The molecule has 0 radical (unpaired) electrons. The van der Waals surface area contributed by atoms with Crippen molar-refractivity contribution in [3.63, 3.8) is 0 Å². The van der Waals surface area contributed by atoms with Crippen molar-refractivity contribution < 1.29 is 14.4 Å². The van der Waals surface area contributed by atoms with Crippen LogP contribution >= 0.6 is 0 Å². The first-order valence-electron chi connectivity index (χ1n) is 14.1. The summed E-state index contributed by atoms with van der Waals surface area (Å²) < 4.78 is 0. The quantitative estimate of drug-likeness (QED) is 0.437. The summed E-state index contributed by atoms with van der Waals surface area (Å²) in [6.45, 7) is 7.00. The maximum absolute atomic E-state index is 14.2. The molecule has 38 heavy (non-hydrogen) atoms. The summed E-state index contributed by atoms with van der Waals surface area (Å²) in [5.41, 5.74) is 8.54. The Kier molecular flexibility index (Phi) is 9.08. The molecule has 3 amide bonds. The molecule has 1 heterocycles. The lowest BCUT2D eigenvalue weighted by atomic mass is 9.81. The topological polar surface area (TPSA) is 95.7 Å². The second-order valence-corrected chi connectivity index (χ2v) is 11.3. The third-order valence-corrected chi connectivity index (χ3v) is 7.96. The summed E-state index contributed by atoms with van der Waals surface area (Å²) in [6.07, 6.45) is 5.25. The van der Waals surface area contributed by atoms with E-state index in [1.54, 1.807) is 0 Å². The molecular weight excluding hydrogens is 476 g/mol. The lowest BCUT2D eigenvalue weighted by Gasteiger charge is -2.34. The summed E-state index contributed by atoms with van der Waals surface area (Å²) in [5, 5.41) is 3.10. The molecule has 1 unspecified atom stereocenters. The van der Waals surface area contributed by atoms with Crippen LogP contribution < -0.4 is 20.9 Å². The summed E-state index contributed by atoms with van der Waals surface area (Å²) in [4.78, 5) is 44.4. The number of anilines is 3. The molecule has 1 saturated carbocycles. The van der Waals surface area contributed by atoms with E-state index in [1.165, 1.54) is 6.42 Å². The Hall–Kier alpha value is -3.35. The Balaban J connectivity index is 1.70.